The van der Waals surface area contributed by atoms with E-state index < -0.39 is 11.9 Å². The lowest BCUT2D eigenvalue weighted by Gasteiger charge is -2.08. The summed E-state index contributed by atoms with van der Waals surface area (Å²) in [6, 6.07) is 4.81. The van der Waals surface area contributed by atoms with Gasteiger partial charge in [0.05, 0.1) is 12.1 Å². The first-order valence-electron chi connectivity index (χ1n) is 5.49. The minimum absolute atomic E-state index is 0.354. The maximum Gasteiger partial charge on any atom is 0.330 e. The number of carbonyl (C=O) groups excluding carboxylic acids is 2. The van der Waals surface area contributed by atoms with E-state index in [-0.39, 0.29) is 6.61 Å². The first kappa shape index (κ1) is 15.0. The van der Waals surface area contributed by atoms with E-state index in [4.69, 9.17) is 21.1 Å². The summed E-state index contributed by atoms with van der Waals surface area (Å²) in [5.74, 6) is -0.497. The van der Waals surface area contributed by atoms with E-state index in [1.807, 2.05) is 0 Å². The Balaban J connectivity index is 2.53. The van der Waals surface area contributed by atoms with Crippen LogP contribution in [0.3, 0.4) is 0 Å². The molecule has 0 bridgehead atoms. The Kier molecular flexibility index (Phi) is 5.89. The van der Waals surface area contributed by atoms with Gasteiger partial charge in [-0.3, -0.25) is 4.79 Å². The highest BCUT2D eigenvalue weighted by Crippen LogP contribution is 2.27. The third-order valence-electron chi connectivity index (χ3n) is 2.08. The predicted molar refractivity (Wildman–Crippen MR) is 72.4 cm³/mol. The molecule has 0 heterocycles. The molecular weight excluding hydrogens is 270 g/mol. The molecule has 1 rings (SSSR count). The monoisotopic (exact) mass is 283 g/mol. The third-order valence-corrected chi connectivity index (χ3v) is 2.38. The molecule has 1 aromatic rings. The Hall–Kier alpha value is -2.01. The highest BCUT2D eigenvalue weighted by Gasteiger charge is 2.07. The predicted octanol–water partition coefficient (Wildman–Crippen LogP) is 2.41. The van der Waals surface area contributed by atoms with Gasteiger partial charge in [0.25, 0.3) is 5.91 Å². The van der Waals surface area contributed by atoms with Gasteiger partial charge in [-0.15, -0.1) is 0 Å². The number of methoxy groups -OCH3 is 1. The van der Waals surface area contributed by atoms with Crippen LogP contribution < -0.4 is 10.1 Å². The van der Waals surface area contributed by atoms with Crippen LogP contribution in [-0.2, 0) is 14.3 Å². The molecule has 6 heteroatoms. The van der Waals surface area contributed by atoms with Crippen molar-refractivity contribution in [2.75, 3.05) is 19.0 Å². The Morgan fingerprint density at radius 2 is 2.16 bits per heavy atom. The SMILES string of the molecule is CC=CC(=O)OCC(=O)Nc1ccc(OC)c(Cl)c1. The number of hydrogen-bond donors (Lipinski definition) is 1. The first-order valence-corrected chi connectivity index (χ1v) is 5.87. The summed E-state index contributed by atoms with van der Waals surface area (Å²) in [4.78, 5) is 22.5. The van der Waals surface area contributed by atoms with Crippen molar-refractivity contribution in [3.8, 4) is 5.75 Å². The molecule has 0 aliphatic rings. The van der Waals surface area contributed by atoms with Gasteiger partial charge in [-0.2, -0.15) is 0 Å². The summed E-state index contributed by atoms with van der Waals surface area (Å²) >= 11 is 5.91. The Morgan fingerprint density at radius 1 is 1.42 bits per heavy atom. The molecule has 0 atom stereocenters. The van der Waals surface area contributed by atoms with Gasteiger partial charge in [-0.25, -0.2) is 4.79 Å². The maximum absolute atomic E-state index is 11.5. The molecule has 0 radical (unpaired) electrons. The number of anilines is 1. The number of halogens is 1. The smallest absolute Gasteiger partial charge is 0.330 e. The van der Waals surface area contributed by atoms with Gasteiger partial charge in [0.1, 0.15) is 5.75 Å². The first-order chi connectivity index (χ1) is 9.06. The zero-order valence-electron chi connectivity index (χ0n) is 10.6. The zero-order valence-corrected chi connectivity index (χ0v) is 11.4. The molecule has 1 aromatic carbocycles. The van der Waals surface area contributed by atoms with E-state index >= 15 is 0 Å². The molecule has 0 saturated heterocycles. The van der Waals surface area contributed by atoms with E-state index in [9.17, 15) is 9.59 Å². The van der Waals surface area contributed by atoms with Crippen molar-refractivity contribution in [2.45, 2.75) is 6.92 Å². The van der Waals surface area contributed by atoms with Gasteiger partial charge < -0.3 is 14.8 Å². The van der Waals surface area contributed by atoms with Crippen LogP contribution in [0.15, 0.2) is 30.4 Å². The molecule has 0 spiro atoms. The Bertz CT molecular complexity index is 499. The standard InChI is InChI=1S/C13H14ClNO4/c1-3-4-13(17)19-8-12(16)15-9-5-6-11(18-2)10(14)7-9/h3-7H,8H2,1-2H3,(H,15,16). The van der Waals surface area contributed by atoms with Crippen molar-refractivity contribution < 1.29 is 19.1 Å². The fourth-order valence-corrected chi connectivity index (χ4v) is 1.52. The molecule has 1 N–H and O–H groups in total. The van der Waals surface area contributed by atoms with Gasteiger partial charge in [0.15, 0.2) is 6.61 Å². The van der Waals surface area contributed by atoms with Crippen molar-refractivity contribution in [3.05, 3.63) is 35.4 Å². The molecule has 0 fully saturated rings. The second-order valence-electron chi connectivity index (χ2n) is 3.51. The fraction of sp³-hybridized carbons (Fsp3) is 0.231. The topological polar surface area (TPSA) is 64.6 Å². The molecule has 5 nitrogen and oxygen atoms in total. The molecule has 0 aliphatic heterocycles. The summed E-state index contributed by atoms with van der Waals surface area (Å²) in [6.07, 6.45) is 2.76. The molecule has 0 saturated carbocycles. The van der Waals surface area contributed by atoms with Crippen molar-refractivity contribution >= 4 is 29.2 Å². The van der Waals surface area contributed by atoms with Crippen molar-refractivity contribution in [3.63, 3.8) is 0 Å². The maximum atomic E-state index is 11.5. The van der Waals surface area contributed by atoms with E-state index in [0.29, 0.717) is 16.5 Å². The van der Waals surface area contributed by atoms with Crippen LogP contribution in [-0.4, -0.2) is 25.6 Å². The van der Waals surface area contributed by atoms with Crippen molar-refractivity contribution in [1.82, 2.24) is 0 Å². The number of allylic oxidation sites excluding steroid dienone is 1. The normalized spacial score (nSPS) is 10.3. The van der Waals surface area contributed by atoms with E-state index in [0.717, 1.165) is 0 Å². The average Bonchev–Trinajstić information content (AvgIpc) is 2.37. The van der Waals surface area contributed by atoms with Gasteiger partial charge in [-0.05, 0) is 25.1 Å². The summed E-state index contributed by atoms with van der Waals surface area (Å²) in [5, 5.41) is 2.93. The molecule has 102 valence electrons. The van der Waals surface area contributed by atoms with Crippen LogP contribution >= 0.6 is 11.6 Å². The number of nitrogens with one attached hydrogen (secondary N) is 1. The molecule has 1 amide bonds. The number of carbonyl (C=O) groups is 2. The van der Waals surface area contributed by atoms with E-state index in [2.05, 4.69) is 5.32 Å². The highest BCUT2D eigenvalue weighted by molar-refractivity contribution is 6.32. The molecule has 0 unspecified atom stereocenters. The lowest BCUT2D eigenvalue weighted by atomic mass is 10.3. The third kappa shape index (κ3) is 5.01. The molecule has 0 aliphatic carbocycles. The summed E-state index contributed by atoms with van der Waals surface area (Å²) in [6.45, 7) is 1.33. The van der Waals surface area contributed by atoms with E-state index in [1.165, 1.54) is 19.3 Å². The minimum atomic E-state index is -0.564. The number of rotatable bonds is 5. The van der Waals surface area contributed by atoms with Gasteiger partial charge >= 0.3 is 5.97 Å². The summed E-state index contributed by atoms with van der Waals surface area (Å²) in [7, 11) is 1.50. The number of hydrogen-bond acceptors (Lipinski definition) is 4. The number of esters is 1. The second kappa shape index (κ2) is 7.43. The van der Waals surface area contributed by atoms with Crippen LogP contribution in [0, 0.1) is 0 Å². The highest BCUT2D eigenvalue weighted by atomic mass is 35.5. The van der Waals surface area contributed by atoms with Crippen LogP contribution in [0.25, 0.3) is 0 Å². The fourth-order valence-electron chi connectivity index (χ4n) is 1.26. The van der Waals surface area contributed by atoms with E-state index in [1.54, 1.807) is 25.1 Å². The lowest BCUT2D eigenvalue weighted by molar-refractivity contribution is -0.142. The molecule has 0 aromatic heterocycles. The Labute approximate surface area is 116 Å². The van der Waals surface area contributed by atoms with Crippen LogP contribution in [0.5, 0.6) is 5.75 Å². The van der Waals surface area contributed by atoms with Crippen LogP contribution in [0.2, 0.25) is 5.02 Å². The largest absolute Gasteiger partial charge is 0.495 e. The average molecular weight is 284 g/mol. The summed E-state index contributed by atoms with van der Waals surface area (Å²) in [5.41, 5.74) is 0.498. The Morgan fingerprint density at radius 3 is 2.74 bits per heavy atom. The van der Waals surface area contributed by atoms with Gasteiger partial charge in [-0.1, -0.05) is 17.7 Å². The quantitative estimate of drug-likeness (QED) is 0.666. The number of amides is 1. The molecule has 19 heavy (non-hydrogen) atoms. The molecular formula is C13H14ClNO4. The number of ether oxygens (including phenoxy) is 2. The minimum Gasteiger partial charge on any atom is -0.495 e. The lowest BCUT2D eigenvalue weighted by Crippen LogP contribution is -2.20. The van der Waals surface area contributed by atoms with Crippen molar-refractivity contribution in [1.29, 1.82) is 0 Å². The van der Waals surface area contributed by atoms with Gasteiger partial charge in [0, 0.05) is 11.8 Å². The van der Waals surface area contributed by atoms with Crippen LogP contribution in [0.1, 0.15) is 6.92 Å². The second-order valence-corrected chi connectivity index (χ2v) is 3.91. The van der Waals surface area contributed by atoms with Crippen molar-refractivity contribution in [2.24, 2.45) is 0 Å². The summed E-state index contributed by atoms with van der Waals surface area (Å²) < 4.78 is 9.69. The van der Waals surface area contributed by atoms with Crippen LogP contribution in [0.4, 0.5) is 5.69 Å². The van der Waals surface area contributed by atoms with Gasteiger partial charge in [0.2, 0.25) is 0 Å². The number of benzene rings is 1. The zero-order chi connectivity index (χ0) is 14.3.